The lowest BCUT2D eigenvalue weighted by Gasteiger charge is -2.41. The molecule has 0 saturated carbocycles. The van der Waals surface area contributed by atoms with Gasteiger partial charge in [0.05, 0.1) is 11.4 Å². The molecule has 0 radical (unpaired) electrons. The first-order chi connectivity index (χ1) is 14.0. The van der Waals surface area contributed by atoms with E-state index < -0.39 is 0 Å². The summed E-state index contributed by atoms with van der Waals surface area (Å²) in [5.41, 5.74) is 2.66. The largest absolute Gasteiger partial charge is 0.341 e. The highest BCUT2D eigenvalue weighted by Gasteiger charge is 2.36. The zero-order valence-corrected chi connectivity index (χ0v) is 17.0. The number of benzene rings is 1. The van der Waals surface area contributed by atoms with E-state index >= 15 is 0 Å². The number of aromatic nitrogens is 3. The van der Waals surface area contributed by atoms with Crippen molar-refractivity contribution in [3.8, 4) is 11.3 Å². The van der Waals surface area contributed by atoms with Gasteiger partial charge < -0.3 is 15.1 Å². The number of carbonyl (C=O) groups excluding carboxylic acids is 1. The van der Waals surface area contributed by atoms with Crippen LogP contribution in [0.25, 0.3) is 11.3 Å². The van der Waals surface area contributed by atoms with Crippen molar-refractivity contribution in [2.24, 2.45) is 0 Å². The van der Waals surface area contributed by atoms with Gasteiger partial charge in [-0.25, -0.2) is 15.0 Å². The van der Waals surface area contributed by atoms with Crippen LogP contribution in [0, 0.1) is 0 Å². The molecule has 1 amide bonds. The minimum atomic E-state index is -0.270. The smallest absolute Gasteiger partial charge is 0.249 e. The van der Waals surface area contributed by atoms with E-state index in [1.807, 2.05) is 60.4 Å². The molecule has 0 saturated heterocycles. The standard InChI is InChI=1S/C22H24N6O/c1-14(2)28-15(3)21(29)27(4)18-10-11-19(25-20(18)28)26-22-23-13-12-17(24-22)16-8-6-5-7-9-16/h5-15H,1-4H3,(H,23,24,25,26)/t15-/m1/s1. The van der Waals surface area contributed by atoms with Crippen molar-refractivity contribution >= 4 is 29.2 Å². The van der Waals surface area contributed by atoms with Crippen molar-refractivity contribution in [3.63, 3.8) is 0 Å². The van der Waals surface area contributed by atoms with Crippen LogP contribution in [0.15, 0.2) is 54.7 Å². The summed E-state index contributed by atoms with van der Waals surface area (Å²) in [6.07, 6.45) is 1.73. The van der Waals surface area contributed by atoms with Gasteiger partial charge in [0.2, 0.25) is 11.9 Å². The second-order valence-electron chi connectivity index (χ2n) is 7.37. The second-order valence-corrected chi connectivity index (χ2v) is 7.37. The van der Waals surface area contributed by atoms with Crippen LogP contribution in [0.2, 0.25) is 0 Å². The average Bonchev–Trinajstić information content (AvgIpc) is 2.73. The lowest BCUT2D eigenvalue weighted by Crippen LogP contribution is -2.53. The number of nitrogens with zero attached hydrogens (tertiary/aromatic N) is 5. The minimum Gasteiger partial charge on any atom is -0.341 e. The van der Waals surface area contributed by atoms with E-state index in [2.05, 4.69) is 29.1 Å². The molecular weight excluding hydrogens is 364 g/mol. The maximum Gasteiger partial charge on any atom is 0.249 e. The van der Waals surface area contributed by atoms with E-state index in [0.717, 1.165) is 22.8 Å². The van der Waals surface area contributed by atoms with Crippen molar-refractivity contribution in [2.45, 2.75) is 32.9 Å². The third-order valence-electron chi connectivity index (χ3n) is 5.09. The molecule has 1 aromatic carbocycles. The minimum absolute atomic E-state index is 0.0626. The van der Waals surface area contributed by atoms with Gasteiger partial charge in [0.1, 0.15) is 11.9 Å². The number of rotatable bonds is 4. The molecule has 0 bridgehead atoms. The van der Waals surface area contributed by atoms with Gasteiger partial charge in [-0.1, -0.05) is 30.3 Å². The topological polar surface area (TPSA) is 74.2 Å². The fourth-order valence-electron chi connectivity index (χ4n) is 3.66. The molecule has 1 aliphatic rings. The van der Waals surface area contributed by atoms with Crippen LogP contribution in [0.1, 0.15) is 20.8 Å². The summed E-state index contributed by atoms with van der Waals surface area (Å²) < 4.78 is 0. The Morgan fingerprint density at radius 1 is 1.03 bits per heavy atom. The second kappa shape index (κ2) is 7.50. The monoisotopic (exact) mass is 388 g/mol. The molecule has 0 fully saturated rings. The van der Waals surface area contributed by atoms with Crippen LogP contribution in [-0.2, 0) is 4.79 Å². The molecule has 148 valence electrons. The van der Waals surface area contributed by atoms with Crippen LogP contribution in [0.5, 0.6) is 0 Å². The average molecular weight is 388 g/mol. The number of nitrogens with one attached hydrogen (secondary N) is 1. The molecule has 3 heterocycles. The van der Waals surface area contributed by atoms with Gasteiger partial charge in [-0.2, -0.15) is 0 Å². The summed E-state index contributed by atoms with van der Waals surface area (Å²) >= 11 is 0. The lowest BCUT2D eigenvalue weighted by molar-refractivity contribution is -0.119. The van der Waals surface area contributed by atoms with Crippen LogP contribution in [0.4, 0.5) is 23.3 Å². The Labute approximate surface area is 170 Å². The Kier molecular flexibility index (Phi) is 4.88. The molecule has 29 heavy (non-hydrogen) atoms. The number of anilines is 4. The first-order valence-electron chi connectivity index (χ1n) is 9.68. The van der Waals surface area contributed by atoms with E-state index in [-0.39, 0.29) is 18.0 Å². The predicted octanol–water partition coefficient (Wildman–Crippen LogP) is 3.86. The number of carbonyl (C=O) groups is 1. The van der Waals surface area contributed by atoms with E-state index in [9.17, 15) is 4.79 Å². The van der Waals surface area contributed by atoms with Crippen molar-refractivity contribution in [1.82, 2.24) is 15.0 Å². The maximum atomic E-state index is 12.6. The Morgan fingerprint density at radius 2 is 1.79 bits per heavy atom. The van der Waals surface area contributed by atoms with E-state index in [1.165, 1.54) is 0 Å². The summed E-state index contributed by atoms with van der Waals surface area (Å²) in [6, 6.07) is 15.5. The van der Waals surface area contributed by atoms with Crippen molar-refractivity contribution in [1.29, 1.82) is 0 Å². The van der Waals surface area contributed by atoms with Gasteiger partial charge in [-0.3, -0.25) is 4.79 Å². The predicted molar refractivity (Wildman–Crippen MR) is 115 cm³/mol. The fourth-order valence-corrected chi connectivity index (χ4v) is 3.66. The number of fused-ring (bicyclic) bond motifs is 1. The summed E-state index contributed by atoms with van der Waals surface area (Å²) in [5, 5.41) is 3.20. The first-order valence-corrected chi connectivity index (χ1v) is 9.68. The highest BCUT2D eigenvalue weighted by atomic mass is 16.2. The Morgan fingerprint density at radius 3 is 2.52 bits per heavy atom. The summed E-state index contributed by atoms with van der Waals surface area (Å²) in [4.78, 5) is 30.0. The molecule has 7 heteroatoms. The number of pyridine rings is 1. The van der Waals surface area contributed by atoms with Crippen LogP contribution in [-0.4, -0.2) is 40.0 Å². The van der Waals surface area contributed by atoms with Gasteiger partial charge >= 0.3 is 0 Å². The van der Waals surface area contributed by atoms with E-state index in [0.29, 0.717) is 11.8 Å². The van der Waals surface area contributed by atoms with Gasteiger partial charge in [0.25, 0.3) is 0 Å². The SMILES string of the molecule is CC(C)N1c2nc(Nc3nccc(-c4ccccc4)n3)ccc2N(C)C(=O)[C@H]1C. The molecular formula is C22H24N6O. The molecule has 1 N–H and O–H groups in total. The van der Waals surface area contributed by atoms with Crippen LogP contribution in [0.3, 0.4) is 0 Å². The lowest BCUT2D eigenvalue weighted by atomic mass is 10.1. The zero-order valence-electron chi connectivity index (χ0n) is 17.0. The molecule has 4 rings (SSSR count). The number of amides is 1. The third-order valence-corrected chi connectivity index (χ3v) is 5.09. The summed E-state index contributed by atoms with van der Waals surface area (Å²) in [6.45, 7) is 6.04. The molecule has 1 aliphatic heterocycles. The van der Waals surface area contributed by atoms with Crippen molar-refractivity contribution in [2.75, 3.05) is 22.2 Å². The molecule has 2 aromatic heterocycles. The van der Waals surface area contributed by atoms with Crippen molar-refractivity contribution < 1.29 is 4.79 Å². The summed E-state index contributed by atoms with van der Waals surface area (Å²) in [7, 11) is 1.79. The van der Waals surface area contributed by atoms with Gasteiger partial charge in [-0.15, -0.1) is 0 Å². The number of hydrogen-bond acceptors (Lipinski definition) is 6. The van der Waals surface area contributed by atoms with E-state index in [4.69, 9.17) is 4.98 Å². The Hall–Kier alpha value is -3.48. The highest BCUT2D eigenvalue weighted by Crippen LogP contribution is 2.36. The van der Waals surface area contributed by atoms with Crippen LogP contribution < -0.4 is 15.1 Å². The van der Waals surface area contributed by atoms with Crippen molar-refractivity contribution in [3.05, 3.63) is 54.7 Å². The zero-order chi connectivity index (χ0) is 20.5. The molecule has 7 nitrogen and oxygen atoms in total. The van der Waals surface area contributed by atoms with Gasteiger partial charge in [-0.05, 0) is 39.0 Å². The first kappa shape index (κ1) is 18.9. The molecule has 1 atom stereocenters. The fraction of sp³-hybridized carbons (Fsp3) is 0.273. The van der Waals surface area contributed by atoms with E-state index in [1.54, 1.807) is 18.1 Å². The Balaban J connectivity index is 1.67. The Bertz CT molecular complexity index is 1040. The normalized spacial score (nSPS) is 16.2. The maximum absolute atomic E-state index is 12.6. The third kappa shape index (κ3) is 3.51. The van der Waals surface area contributed by atoms with Gasteiger partial charge in [0.15, 0.2) is 5.82 Å². The van der Waals surface area contributed by atoms with Gasteiger partial charge in [0, 0.05) is 24.8 Å². The number of hydrogen-bond donors (Lipinski definition) is 1. The summed E-state index contributed by atoms with van der Waals surface area (Å²) in [5.74, 6) is 1.95. The molecule has 0 spiro atoms. The number of likely N-dealkylation sites (N-methyl/N-ethyl adjacent to an activating group) is 1. The molecule has 0 unspecified atom stereocenters. The highest BCUT2D eigenvalue weighted by molar-refractivity contribution is 6.04. The quantitative estimate of drug-likeness (QED) is 0.732. The molecule has 3 aromatic rings. The molecule has 0 aliphatic carbocycles. The van der Waals surface area contributed by atoms with Crippen LogP contribution >= 0.6 is 0 Å².